The molecular formula is C12H21NO5. The molecule has 6 nitrogen and oxygen atoms in total. The lowest BCUT2D eigenvalue weighted by atomic mass is 10.2. The molecular weight excluding hydrogens is 238 g/mol. The molecule has 1 atom stereocenters. The molecule has 0 bridgehead atoms. The van der Waals surface area contributed by atoms with E-state index >= 15 is 0 Å². The van der Waals surface area contributed by atoms with Crippen LogP contribution in [0.25, 0.3) is 0 Å². The Morgan fingerprint density at radius 1 is 1.06 bits per heavy atom. The van der Waals surface area contributed by atoms with E-state index in [1.807, 2.05) is 13.8 Å². The van der Waals surface area contributed by atoms with Crippen molar-refractivity contribution in [2.75, 3.05) is 13.2 Å². The van der Waals surface area contributed by atoms with Gasteiger partial charge in [-0.3, -0.25) is 9.59 Å². The molecule has 0 radical (unpaired) electrons. The minimum atomic E-state index is -0.974. The molecule has 0 aromatic carbocycles. The maximum atomic E-state index is 11.6. The van der Waals surface area contributed by atoms with Crippen molar-refractivity contribution in [2.24, 2.45) is 0 Å². The second-order valence-electron chi connectivity index (χ2n) is 3.85. The van der Waals surface area contributed by atoms with Gasteiger partial charge in [0.15, 0.2) is 0 Å². The SMILES string of the molecule is CCCOC(=O)C[C@H](NC(C)=O)C(=O)OCCC. The number of nitrogens with one attached hydrogen (secondary N) is 1. The van der Waals surface area contributed by atoms with Crippen LogP contribution in [0.2, 0.25) is 0 Å². The van der Waals surface area contributed by atoms with Crippen LogP contribution in [0.5, 0.6) is 0 Å². The van der Waals surface area contributed by atoms with Gasteiger partial charge in [0.05, 0.1) is 19.6 Å². The molecule has 0 aliphatic heterocycles. The van der Waals surface area contributed by atoms with Gasteiger partial charge in [0.1, 0.15) is 6.04 Å². The van der Waals surface area contributed by atoms with Gasteiger partial charge in [0.2, 0.25) is 5.91 Å². The third kappa shape index (κ3) is 7.65. The summed E-state index contributed by atoms with van der Waals surface area (Å²) in [4.78, 5) is 33.9. The Hall–Kier alpha value is -1.59. The molecule has 1 amide bonds. The first kappa shape index (κ1) is 16.4. The van der Waals surface area contributed by atoms with Crippen LogP contribution in [0.15, 0.2) is 0 Å². The minimum absolute atomic E-state index is 0.206. The van der Waals surface area contributed by atoms with Crippen LogP contribution in [0, 0.1) is 0 Å². The van der Waals surface area contributed by atoms with Crippen LogP contribution < -0.4 is 5.32 Å². The molecule has 0 saturated carbocycles. The van der Waals surface area contributed by atoms with E-state index in [2.05, 4.69) is 5.32 Å². The number of ether oxygens (including phenoxy) is 2. The lowest BCUT2D eigenvalue weighted by molar-refractivity contribution is -0.153. The van der Waals surface area contributed by atoms with Gasteiger partial charge in [-0.05, 0) is 12.8 Å². The molecule has 1 N–H and O–H groups in total. The summed E-state index contributed by atoms with van der Waals surface area (Å²) in [5.41, 5.74) is 0. The standard InChI is InChI=1S/C12H21NO5/c1-4-6-17-11(15)8-10(13-9(3)14)12(16)18-7-5-2/h10H,4-8H2,1-3H3,(H,13,14)/t10-/m0/s1. The van der Waals surface area contributed by atoms with E-state index in [-0.39, 0.29) is 13.0 Å². The maximum Gasteiger partial charge on any atom is 0.329 e. The molecule has 0 aromatic heterocycles. The van der Waals surface area contributed by atoms with Gasteiger partial charge in [-0.1, -0.05) is 13.8 Å². The Balaban J connectivity index is 4.33. The summed E-state index contributed by atoms with van der Waals surface area (Å²) in [5, 5.41) is 2.38. The summed E-state index contributed by atoms with van der Waals surface area (Å²) < 4.78 is 9.76. The van der Waals surface area contributed by atoms with E-state index < -0.39 is 23.9 Å². The molecule has 0 rings (SSSR count). The van der Waals surface area contributed by atoms with Gasteiger partial charge in [-0.15, -0.1) is 0 Å². The van der Waals surface area contributed by atoms with Crippen LogP contribution in [-0.2, 0) is 23.9 Å². The summed E-state index contributed by atoms with van der Waals surface area (Å²) in [6.07, 6.45) is 1.18. The Kier molecular flexibility index (Phi) is 8.61. The van der Waals surface area contributed by atoms with Crippen molar-refractivity contribution < 1.29 is 23.9 Å². The first-order valence-corrected chi connectivity index (χ1v) is 6.10. The predicted molar refractivity (Wildman–Crippen MR) is 64.7 cm³/mol. The Morgan fingerprint density at radius 2 is 1.61 bits per heavy atom. The normalized spacial score (nSPS) is 11.5. The highest BCUT2D eigenvalue weighted by Crippen LogP contribution is 2.00. The summed E-state index contributed by atoms with van der Waals surface area (Å²) in [6, 6.07) is -0.974. The Morgan fingerprint density at radius 3 is 2.11 bits per heavy atom. The average molecular weight is 259 g/mol. The van der Waals surface area contributed by atoms with Crippen molar-refractivity contribution in [1.29, 1.82) is 0 Å². The lowest BCUT2D eigenvalue weighted by Gasteiger charge is -2.15. The van der Waals surface area contributed by atoms with Crippen LogP contribution in [0.3, 0.4) is 0 Å². The molecule has 104 valence electrons. The number of amides is 1. The van der Waals surface area contributed by atoms with Gasteiger partial charge in [-0.2, -0.15) is 0 Å². The second-order valence-corrected chi connectivity index (χ2v) is 3.85. The molecule has 0 unspecified atom stereocenters. The van der Waals surface area contributed by atoms with Crippen LogP contribution in [0.4, 0.5) is 0 Å². The van der Waals surface area contributed by atoms with Crippen molar-refractivity contribution in [3.8, 4) is 0 Å². The summed E-state index contributed by atoms with van der Waals surface area (Å²) >= 11 is 0. The van der Waals surface area contributed by atoms with E-state index in [4.69, 9.17) is 9.47 Å². The molecule has 6 heteroatoms. The van der Waals surface area contributed by atoms with Crippen molar-refractivity contribution >= 4 is 17.8 Å². The smallest absolute Gasteiger partial charge is 0.329 e. The fourth-order valence-corrected chi connectivity index (χ4v) is 1.18. The van der Waals surface area contributed by atoms with Crippen molar-refractivity contribution in [3.05, 3.63) is 0 Å². The Labute approximate surface area is 107 Å². The van der Waals surface area contributed by atoms with E-state index in [0.29, 0.717) is 19.4 Å². The number of carbonyl (C=O) groups is 3. The third-order valence-corrected chi connectivity index (χ3v) is 1.95. The van der Waals surface area contributed by atoms with Gasteiger partial charge in [-0.25, -0.2) is 4.79 Å². The van der Waals surface area contributed by atoms with Gasteiger partial charge >= 0.3 is 11.9 Å². The predicted octanol–water partition coefficient (Wildman–Crippen LogP) is 0.788. The summed E-state index contributed by atoms with van der Waals surface area (Å²) in [5.74, 6) is -1.53. The molecule has 0 heterocycles. The van der Waals surface area contributed by atoms with E-state index in [1.54, 1.807) is 0 Å². The highest BCUT2D eigenvalue weighted by molar-refractivity contribution is 5.87. The molecule has 0 spiro atoms. The largest absolute Gasteiger partial charge is 0.466 e. The first-order valence-electron chi connectivity index (χ1n) is 6.10. The fraction of sp³-hybridized carbons (Fsp3) is 0.750. The van der Waals surface area contributed by atoms with Crippen molar-refractivity contribution in [2.45, 2.75) is 46.1 Å². The molecule has 0 fully saturated rings. The molecule has 0 aliphatic carbocycles. The van der Waals surface area contributed by atoms with Crippen LogP contribution >= 0.6 is 0 Å². The lowest BCUT2D eigenvalue weighted by Crippen LogP contribution is -2.42. The zero-order valence-corrected chi connectivity index (χ0v) is 11.2. The van der Waals surface area contributed by atoms with Gasteiger partial charge in [0.25, 0.3) is 0 Å². The number of esters is 2. The summed E-state index contributed by atoms with van der Waals surface area (Å²) in [7, 11) is 0. The van der Waals surface area contributed by atoms with Crippen molar-refractivity contribution in [1.82, 2.24) is 5.32 Å². The summed E-state index contributed by atoms with van der Waals surface area (Å²) in [6.45, 7) is 5.57. The number of hydrogen-bond donors (Lipinski definition) is 1. The van der Waals surface area contributed by atoms with E-state index in [1.165, 1.54) is 6.92 Å². The molecule has 0 aliphatic rings. The number of rotatable bonds is 8. The highest BCUT2D eigenvalue weighted by atomic mass is 16.5. The van der Waals surface area contributed by atoms with Gasteiger partial charge < -0.3 is 14.8 Å². The third-order valence-electron chi connectivity index (χ3n) is 1.95. The second kappa shape index (κ2) is 9.44. The Bertz CT molecular complexity index is 290. The van der Waals surface area contributed by atoms with Crippen molar-refractivity contribution in [3.63, 3.8) is 0 Å². The molecule has 0 saturated heterocycles. The fourth-order valence-electron chi connectivity index (χ4n) is 1.18. The van der Waals surface area contributed by atoms with Gasteiger partial charge in [0, 0.05) is 6.92 Å². The first-order chi connectivity index (χ1) is 8.51. The number of hydrogen-bond acceptors (Lipinski definition) is 5. The van der Waals surface area contributed by atoms with Crippen LogP contribution in [0.1, 0.15) is 40.0 Å². The number of carbonyl (C=O) groups excluding carboxylic acids is 3. The topological polar surface area (TPSA) is 81.7 Å². The quantitative estimate of drug-likeness (QED) is 0.652. The minimum Gasteiger partial charge on any atom is -0.466 e. The maximum absolute atomic E-state index is 11.6. The monoisotopic (exact) mass is 259 g/mol. The zero-order valence-electron chi connectivity index (χ0n) is 11.2. The highest BCUT2D eigenvalue weighted by Gasteiger charge is 2.24. The molecule has 18 heavy (non-hydrogen) atoms. The average Bonchev–Trinajstić information content (AvgIpc) is 2.32. The molecule has 0 aromatic rings. The van der Waals surface area contributed by atoms with Crippen LogP contribution in [-0.4, -0.2) is 37.1 Å². The van der Waals surface area contributed by atoms with E-state index in [9.17, 15) is 14.4 Å². The van der Waals surface area contributed by atoms with E-state index in [0.717, 1.165) is 0 Å². The zero-order chi connectivity index (χ0) is 14.0.